The van der Waals surface area contributed by atoms with E-state index in [9.17, 15) is 4.79 Å². The number of carbonyl (C=O) groups is 1. The molecule has 1 aliphatic heterocycles. The molecule has 1 amide bonds. The Hall–Kier alpha value is -4.46. The SMILES string of the molecule is COc1ccc(-c2cc3c(c(OC)c2)OCCN(C(=O)c2ccc(-n4cccn4)cc2)C3)cc1OC. The number of fused-ring (bicyclic) bond motifs is 1. The summed E-state index contributed by atoms with van der Waals surface area (Å²) in [5.41, 5.74) is 4.24. The van der Waals surface area contributed by atoms with Crippen molar-refractivity contribution >= 4 is 5.91 Å². The van der Waals surface area contributed by atoms with Gasteiger partial charge >= 0.3 is 0 Å². The van der Waals surface area contributed by atoms with Gasteiger partial charge in [0.25, 0.3) is 5.91 Å². The van der Waals surface area contributed by atoms with Crippen LogP contribution in [0, 0.1) is 0 Å². The second kappa shape index (κ2) is 10.0. The number of rotatable bonds is 6. The number of methoxy groups -OCH3 is 3. The summed E-state index contributed by atoms with van der Waals surface area (Å²) in [6.45, 7) is 1.23. The van der Waals surface area contributed by atoms with Crippen molar-refractivity contribution in [2.45, 2.75) is 6.54 Å². The van der Waals surface area contributed by atoms with Crippen molar-refractivity contribution < 1.29 is 23.7 Å². The molecular formula is C28H27N3O5. The monoisotopic (exact) mass is 485 g/mol. The van der Waals surface area contributed by atoms with E-state index in [2.05, 4.69) is 5.10 Å². The van der Waals surface area contributed by atoms with Gasteiger partial charge in [-0.05, 0) is 65.7 Å². The Morgan fingerprint density at radius 3 is 2.33 bits per heavy atom. The minimum absolute atomic E-state index is 0.0612. The Morgan fingerprint density at radius 1 is 0.889 bits per heavy atom. The molecule has 4 aromatic rings. The zero-order valence-electron chi connectivity index (χ0n) is 20.4. The Balaban J connectivity index is 1.45. The molecule has 0 fully saturated rings. The summed E-state index contributed by atoms with van der Waals surface area (Å²) in [6, 6.07) is 19.0. The molecule has 0 unspecified atom stereocenters. The smallest absolute Gasteiger partial charge is 0.254 e. The first-order valence-electron chi connectivity index (χ1n) is 11.6. The molecule has 3 aromatic carbocycles. The Morgan fingerprint density at radius 2 is 1.64 bits per heavy atom. The molecule has 0 saturated carbocycles. The highest BCUT2D eigenvalue weighted by atomic mass is 16.5. The minimum Gasteiger partial charge on any atom is -0.493 e. The van der Waals surface area contributed by atoms with E-state index >= 15 is 0 Å². The van der Waals surface area contributed by atoms with E-state index in [-0.39, 0.29) is 5.91 Å². The van der Waals surface area contributed by atoms with Crippen molar-refractivity contribution in [3.05, 3.63) is 84.2 Å². The molecule has 1 aliphatic rings. The van der Waals surface area contributed by atoms with Crippen LogP contribution in [0.5, 0.6) is 23.0 Å². The number of hydrogen-bond donors (Lipinski definition) is 0. The third-order valence-corrected chi connectivity index (χ3v) is 6.21. The molecule has 0 radical (unpaired) electrons. The molecule has 1 aromatic heterocycles. The van der Waals surface area contributed by atoms with E-state index in [0.717, 1.165) is 22.4 Å². The standard InChI is InChI=1S/C28H27N3O5/c1-33-24-10-7-20(16-25(24)34-2)21-15-22-18-30(13-14-36-27(22)26(17-21)35-3)28(32)19-5-8-23(9-6-19)31-12-4-11-29-31/h4-12,15-17H,13-14,18H2,1-3H3. The summed E-state index contributed by atoms with van der Waals surface area (Å²) in [5.74, 6) is 2.51. The molecule has 2 heterocycles. The lowest BCUT2D eigenvalue weighted by molar-refractivity contribution is 0.0733. The number of aromatic nitrogens is 2. The van der Waals surface area contributed by atoms with Gasteiger partial charge in [0.05, 0.1) is 33.6 Å². The van der Waals surface area contributed by atoms with Gasteiger partial charge in [-0.25, -0.2) is 4.68 Å². The van der Waals surface area contributed by atoms with E-state index in [0.29, 0.717) is 48.3 Å². The first-order valence-corrected chi connectivity index (χ1v) is 11.6. The molecule has 0 saturated heterocycles. The van der Waals surface area contributed by atoms with Crippen LogP contribution >= 0.6 is 0 Å². The van der Waals surface area contributed by atoms with Crippen LogP contribution in [0.4, 0.5) is 0 Å². The van der Waals surface area contributed by atoms with Gasteiger partial charge in [0, 0.05) is 30.1 Å². The maximum Gasteiger partial charge on any atom is 0.254 e. The second-order valence-electron chi connectivity index (χ2n) is 8.31. The largest absolute Gasteiger partial charge is 0.493 e. The molecule has 0 atom stereocenters. The first-order chi connectivity index (χ1) is 17.6. The lowest BCUT2D eigenvalue weighted by Gasteiger charge is -2.20. The zero-order chi connectivity index (χ0) is 25.1. The fraction of sp³-hybridized carbons (Fsp3) is 0.214. The highest BCUT2D eigenvalue weighted by molar-refractivity contribution is 5.94. The van der Waals surface area contributed by atoms with E-state index in [4.69, 9.17) is 18.9 Å². The quantitative estimate of drug-likeness (QED) is 0.397. The second-order valence-corrected chi connectivity index (χ2v) is 8.31. The third kappa shape index (κ3) is 4.45. The van der Waals surface area contributed by atoms with Crippen molar-refractivity contribution in [1.29, 1.82) is 0 Å². The van der Waals surface area contributed by atoms with Crippen LogP contribution in [0.3, 0.4) is 0 Å². The molecular weight excluding hydrogens is 458 g/mol. The van der Waals surface area contributed by atoms with Gasteiger partial charge in [-0.2, -0.15) is 5.10 Å². The summed E-state index contributed by atoms with van der Waals surface area (Å²) in [5, 5.41) is 4.24. The van der Waals surface area contributed by atoms with Crippen LogP contribution in [0.1, 0.15) is 15.9 Å². The molecule has 5 rings (SSSR count). The third-order valence-electron chi connectivity index (χ3n) is 6.21. The van der Waals surface area contributed by atoms with Gasteiger partial charge in [-0.1, -0.05) is 6.07 Å². The van der Waals surface area contributed by atoms with Crippen LogP contribution < -0.4 is 18.9 Å². The zero-order valence-corrected chi connectivity index (χ0v) is 20.4. The number of amides is 1. The number of benzene rings is 3. The number of nitrogens with zero attached hydrogens (tertiary/aromatic N) is 3. The summed E-state index contributed by atoms with van der Waals surface area (Å²) in [4.78, 5) is 15.2. The van der Waals surface area contributed by atoms with E-state index in [1.165, 1.54) is 0 Å². The lowest BCUT2D eigenvalue weighted by Crippen LogP contribution is -2.32. The van der Waals surface area contributed by atoms with Crippen LogP contribution in [0.25, 0.3) is 16.8 Å². The van der Waals surface area contributed by atoms with Crippen molar-refractivity contribution in [1.82, 2.24) is 14.7 Å². The summed E-state index contributed by atoms with van der Waals surface area (Å²) < 4.78 is 24.3. The number of hydrogen-bond acceptors (Lipinski definition) is 6. The maximum absolute atomic E-state index is 13.4. The van der Waals surface area contributed by atoms with Crippen LogP contribution in [-0.2, 0) is 6.54 Å². The number of carbonyl (C=O) groups excluding carboxylic acids is 1. The molecule has 8 heteroatoms. The Labute approximate surface area is 209 Å². The van der Waals surface area contributed by atoms with Crippen molar-refractivity contribution in [3.8, 4) is 39.8 Å². The lowest BCUT2D eigenvalue weighted by atomic mass is 10.0. The predicted octanol–water partition coefficient (Wildman–Crippen LogP) is 4.60. The van der Waals surface area contributed by atoms with E-state index in [1.807, 2.05) is 66.9 Å². The molecule has 0 aliphatic carbocycles. The Bertz CT molecular complexity index is 1370. The van der Waals surface area contributed by atoms with E-state index in [1.54, 1.807) is 37.1 Å². The van der Waals surface area contributed by atoms with Crippen LogP contribution in [0.2, 0.25) is 0 Å². The van der Waals surface area contributed by atoms with Crippen molar-refractivity contribution in [2.75, 3.05) is 34.5 Å². The highest BCUT2D eigenvalue weighted by Gasteiger charge is 2.24. The molecule has 8 nitrogen and oxygen atoms in total. The predicted molar refractivity (Wildman–Crippen MR) is 135 cm³/mol. The fourth-order valence-corrected chi connectivity index (χ4v) is 4.35. The summed E-state index contributed by atoms with van der Waals surface area (Å²) >= 11 is 0. The van der Waals surface area contributed by atoms with Gasteiger partial charge in [-0.3, -0.25) is 4.79 Å². The van der Waals surface area contributed by atoms with Gasteiger partial charge < -0.3 is 23.8 Å². The molecule has 0 spiro atoms. The summed E-state index contributed by atoms with van der Waals surface area (Å²) in [7, 11) is 4.83. The van der Waals surface area contributed by atoms with Gasteiger partial charge in [0.2, 0.25) is 0 Å². The molecule has 36 heavy (non-hydrogen) atoms. The van der Waals surface area contributed by atoms with Gasteiger partial charge in [0.1, 0.15) is 6.61 Å². The van der Waals surface area contributed by atoms with Crippen molar-refractivity contribution in [2.24, 2.45) is 0 Å². The molecule has 0 bridgehead atoms. The van der Waals surface area contributed by atoms with Crippen LogP contribution in [0.15, 0.2) is 73.1 Å². The van der Waals surface area contributed by atoms with Gasteiger partial charge in [-0.15, -0.1) is 0 Å². The number of ether oxygens (including phenoxy) is 4. The normalized spacial score (nSPS) is 12.8. The first kappa shape index (κ1) is 23.3. The molecule has 184 valence electrons. The van der Waals surface area contributed by atoms with Gasteiger partial charge in [0.15, 0.2) is 23.0 Å². The van der Waals surface area contributed by atoms with Crippen molar-refractivity contribution in [3.63, 3.8) is 0 Å². The average molecular weight is 486 g/mol. The average Bonchev–Trinajstić information content (AvgIpc) is 3.38. The summed E-state index contributed by atoms with van der Waals surface area (Å²) in [6.07, 6.45) is 3.58. The topological polar surface area (TPSA) is 75.0 Å². The maximum atomic E-state index is 13.4. The minimum atomic E-state index is -0.0612. The highest BCUT2D eigenvalue weighted by Crippen LogP contribution is 2.40. The Kier molecular flexibility index (Phi) is 6.49. The molecule has 0 N–H and O–H groups in total. The van der Waals surface area contributed by atoms with Crippen LogP contribution in [-0.4, -0.2) is 55.1 Å². The fourth-order valence-electron chi connectivity index (χ4n) is 4.35. The van der Waals surface area contributed by atoms with E-state index < -0.39 is 0 Å².